The van der Waals surface area contributed by atoms with Crippen molar-refractivity contribution >= 4 is 33.4 Å². The highest BCUT2D eigenvalue weighted by atomic mass is 16.7. The van der Waals surface area contributed by atoms with Gasteiger partial charge in [-0.05, 0) is 56.3 Å². The number of aromatic nitrogens is 3. The highest BCUT2D eigenvalue weighted by molar-refractivity contribution is 6.07. The number of nitrogen functional groups attached to an aromatic ring is 1. The van der Waals surface area contributed by atoms with Gasteiger partial charge in [-0.15, -0.1) is 0 Å². The predicted octanol–water partition coefficient (Wildman–Crippen LogP) is 5.13. The van der Waals surface area contributed by atoms with Crippen molar-refractivity contribution in [2.45, 2.75) is 78.7 Å². The van der Waals surface area contributed by atoms with Crippen LogP contribution in [0.3, 0.4) is 0 Å². The molecule has 8 nitrogen and oxygen atoms in total. The number of hydrogen-bond acceptors (Lipinski definition) is 7. The van der Waals surface area contributed by atoms with Crippen molar-refractivity contribution in [3.8, 4) is 0 Å². The third kappa shape index (κ3) is 6.72. The molecule has 1 fully saturated rings. The van der Waals surface area contributed by atoms with Crippen LogP contribution in [0.5, 0.6) is 0 Å². The monoisotopic (exact) mass is 509 g/mol. The summed E-state index contributed by atoms with van der Waals surface area (Å²) in [6.07, 6.45) is 8.81. The number of anilines is 2. The van der Waals surface area contributed by atoms with Gasteiger partial charge in [0.15, 0.2) is 5.82 Å². The Morgan fingerprint density at radius 3 is 2.57 bits per heavy atom. The summed E-state index contributed by atoms with van der Waals surface area (Å²) >= 11 is 0. The Balaban J connectivity index is 1.58. The lowest BCUT2D eigenvalue weighted by Gasteiger charge is -2.35. The first-order chi connectivity index (χ1) is 18.0. The molecule has 1 aliphatic rings. The largest absolute Gasteiger partial charge is 0.382 e. The van der Waals surface area contributed by atoms with Crippen molar-refractivity contribution in [1.82, 2.24) is 19.6 Å². The maximum Gasteiger partial charge on any atom is 0.152 e. The standard InChI is InChI=1S/C29H47N7O/c1-4-6-10-26-33-27-28(36(26)15-9-7-8-14-30)24-21-23(11-12-25(24)32-29(27)31)34-16-18-35(19-17-34)37-20-13-22(3)5-2/h11-12,21-22H,4-10,13-20,30H2,1-3H3,(H2,31,32)/t22-/m0/s1. The Bertz CT molecular complexity index is 1140. The topological polar surface area (TPSA) is 98.5 Å². The van der Waals surface area contributed by atoms with E-state index in [2.05, 4.69) is 53.5 Å². The van der Waals surface area contributed by atoms with Crippen molar-refractivity contribution in [1.29, 1.82) is 0 Å². The molecule has 0 radical (unpaired) electrons. The van der Waals surface area contributed by atoms with Crippen molar-refractivity contribution in [2.75, 3.05) is 50.0 Å². The maximum atomic E-state index is 6.44. The molecule has 0 bridgehead atoms. The molecule has 1 aliphatic heterocycles. The van der Waals surface area contributed by atoms with E-state index in [4.69, 9.17) is 26.3 Å². The van der Waals surface area contributed by atoms with Gasteiger partial charge in [0.25, 0.3) is 0 Å². The van der Waals surface area contributed by atoms with E-state index in [0.717, 1.165) is 124 Å². The molecule has 8 heteroatoms. The highest BCUT2D eigenvalue weighted by Crippen LogP contribution is 2.32. The Kier molecular flexibility index (Phi) is 10.00. The Morgan fingerprint density at radius 2 is 1.84 bits per heavy atom. The summed E-state index contributed by atoms with van der Waals surface area (Å²) < 4.78 is 2.41. The van der Waals surface area contributed by atoms with Gasteiger partial charge in [0.05, 0.1) is 17.6 Å². The lowest BCUT2D eigenvalue weighted by Crippen LogP contribution is -2.46. The second-order valence-corrected chi connectivity index (χ2v) is 10.6. The van der Waals surface area contributed by atoms with Gasteiger partial charge in [-0.2, -0.15) is 5.06 Å². The fourth-order valence-electron chi connectivity index (χ4n) is 5.16. The van der Waals surface area contributed by atoms with Gasteiger partial charge in [0.1, 0.15) is 11.3 Å². The van der Waals surface area contributed by atoms with E-state index in [0.29, 0.717) is 5.82 Å². The summed E-state index contributed by atoms with van der Waals surface area (Å²) in [7, 11) is 0. The number of nitrogens with two attached hydrogens (primary N) is 2. The molecular formula is C29H47N7O. The number of benzene rings is 1. The van der Waals surface area contributed by atoms with Crippen LogP contribution in [0.2, 0.25) is 0 Å². The quantitative estimate of drug-likeness (QED) is 0.291. The minimum Gasteiger partial charge on any atom is -0.382 e. The summed E-state index contributed by atoms with van der Waals surface area (Å²) in [5.41, 5.74) is 16.3. The van der Waals surface area contributed by atoms with Gasteiger partial charge in [-0.3, -0.25) is 4.84 Å². The molecule has 1 atom stereocenters. The molecule has 1 saturated heterocycles. The molecule has 0 spiro atoms. The molecule has 0 aliphatic carbocycles. The average molecular weight is 510 g/mol. The number of rotatable bonds is 14. The molecule has 1 aromatic carbocycles. The second kappa shape index (κ2) is 13.4. The van der Waals surface area contributed by atoms with Crippen molar-refractivity contribution in [3.63, 3.8) is 0 Å². The lowest BCUT2D eigenvalue weighted by atomic mass is 10.1. The van der Waals surface area contributed by atoms with Crippen LogP contribution in [-0.2, 0) is 17.8 Å². The fourth-order valence-corrected chi connectivity index (χ4v) is 5.16. The average Bonchev–Trinajstić information content (AvgIpc) is 3.29. The highest BCUT2D eigenvalue weighted by Gasteiger charge is 2.21. The van der Waals surface area contributed by atoms with Gasteiger partial charge in [0.2, 0.25) is 0 Å². The van der Waals surface area contributed by atoms with Crippen LogP contribution < -0.4 is 16.4 Å². The molecule has 4 N–H and O–H groups in total. The number of imidazole rings is 1. The normalized spacial score (nSPS) is 15.7. The third-order valence-electron chi connectivity index (χ3n) is 7.79. The van der Waals surface area contributed by atoms with Crippen LogP contribution in [0.15, 0.2) is 18.2 Å². The first kappa shape index (κ1) is 27.6. The van der Waals surface area contributed by atoms with Crippen LogP contribution in [0.4, 0.5) is 11.5 Å². The zero-order chi connectivity index (χ0) is 26.2. The molecule has 0 saturated carbocycles. The van der Waals surface area contributed by atoms with Crippen LogP contribution in [0, 0.1) is 5.92 Å². The summed E-state index contributed by atoms with van der Waals surface area (Å²) in [6, 6.07) is 6.60. The van der Waals surface area contributed by atoms with Crippen molar-refractivity contribution in [3.05, 3.63) is 24.0 Å². The van der Waals surface area contributed by atoms with Gasteiger partial charge in [0, 0.05) is 50.2 Å². The zero-order valence-electron chi connectivity index (χ0n) is 23.2. The number of piperazine rings is 1. The zero-order valence-corrected chi connectivity index (χ0v) is 23.2. The van der Waals surface area contributed by atoms with Gasteiger partial charge >= 0.3 is 0 Å². The first-order valence-corrected chi connectivity index (χ1v) is 14.5. The summed E-state index contributed by atoms with van der Waals surface area (Å²) in [6.45, 7) is 13.0. The molecule has 0 amide bonds. The fraction of sp³-hybridized carbons (Fsp3) is 0.655. The number of hydrogen-bond donors (Lipinski definition) is 2. The Hall–Kier alpha value is -2.42. The molecule has 3 aromatic rings. The number of unbranched alkanes of at least 4 members (excludes halogenated alkanes) is 3. The Labute approximate surface area is 222 Å². The number of pyridine rings is 1. The molecule has 4 rings (SSSR count). The minimum absolute atomic E-state index is 0.525. The summed E-state index contributed by atoms with van der Waals surface area (Å²) in [4.78, 5) is 18.3. The van der Waals surface area contributed by atoms with Crippen LogP contribution in [0.1, 0.15) is 71.5 Å². The minimum atomic E-state index is 0.525. The number of aryl methyl sites for hydroxylation is 2. The van der Waals surface area contributed by atoms with E-state index in [9.17, 15) is 0 Å². The molecule has 37 heavy (non-hydrogen) atoms. The number of fused-ring (bicyclic) bond motifs is 3. The summed E-state index contributed by atoms with van der Waals surface area (Å²) in [5.74, 6) is 2.37. The molecular weight excluding hydrogens is 462 g/mol. The van der Waals surface area contributed by atoms with E-state index in [1.54, 1.807) is 0 Å². The van der Waals surface area contributed by atoms with E-state index in [1.807, 2.05) is 0 Å². The van der Waals surface area contributed by atoms with Crippen molar-refractivity contribution < 1.29 is 4.84 Å². The van der Waals surface area contributed by atoms with Crippen LogP contribution in [-0.4, -0.2) is 58.9 Å². The van der Waals surface area contributed by atoms with Gasteiger partial charge in [-0.25, -0.2) is 9.97 Å². The molecule has 204 valence electrons. The molecule has 2 aromatic heterocycles. The molecule has 3 heterocycles. The van der Waals surface area contributed by atoms with E-state index < -0.39 is 0 Å². The smallest absolute Gasteiger partial charge is 0.152 e. The second-order valence-electron chi connectivity index (χ2n) is 10.6. The third-order valence-corrected chi connectivity index (χ3v) is 7.79. The maximum absolute atomic E-state index is 6.44. The Morgan fingerprint density at radius 1 is 1.03 bits per heavy atom. The van der Waals surface area contributed by atoms with E-state index >= 15 is 0 Å². The van der Waals surface area contributed by atoms with E-state index in [1.165, 1.54) is 12.1 Å². The predicted molar refractivity (Wildman–Crippen MR) is 155 cm³/mol. The van der Waals surface area contributed by atoms with Gasteiger partial charge < -0.3 is 20.9 Å². The van der Waals surface area contributed by atoms with Crippen LogP contribution in [0.25, 0.3) is 21.9 Å². The SMILES string of the molecule is CCCCc1nc2c(N)nc3ccc(N4CCN(OCC[C@@H](C)CC)CC4)cc3c2n1CCCCCN. The van der Waals surface area contributed by atoms with Crippen LogP contribution >= 0.6 is 0 Å². The lowest BCUT2D eigenvalue weighted by molar-refractivity contribution is -0.164. The number of hydroxylamine groups is 2. The van der Waals surface area contributed by atoms with Gasteiger partial charge in [-0.1, -0.05) is 40.0 Å². The first-order valence-electron chi connectivity index (χ1n) is 14.5. The van der Waals surface area contributed by atoms with Crippen molar-refractivity contribution in [2.24, 2.45) is 11.7 Å². The summed E-state index contributed by atoms with van der Waals surface area (Å²) in [5, 5.41) is 3.28. The van der Waals surface area contributed by atoms with E-state index in [-0.39, 0.29) is 0 Å². The molecule has 0 unspecified atom stereocenters. The number of nitrogens with zero attached hydrogens (tertiary/aromatic N) is 5.